The second kappa shape index (κ2) is 16.5. The van der Waals surface area contributed by atoms with Crippen molar-refractivity contribution in [1.29, 1.82) is 0 Å². The van der Waals surface area contributed by atoms with E-state index >= 15 is 0 Å². The number of carbonyl (C=O) groups excluding carboxylic acids is 2. The average molecular weight is 715 g/mol. The molecule has 248 valence electrons. The van der Waals surface area contributed by atoms with Crippen molar-refractivity contribution in [3.05, 3.63) is 128 Å². The summed E-state index contributed by atoms with van der Waals surface area (Å²) in [7, 11) is -4.25. The van der Waals surface area contributed by atoms with Crippen LogP contribution in [0.5, 0.6) is 0 Å². The number of carbonyl (C=O) groups is 2. The maximum Gasteiger partial charge on any atom is 0.264 e. The van der Waals surface area contributed by atoms with E-state index < -0.39 is 28.5 Å². The van der Waals surface area contributed by atoms with Gasteiger partial charge in [0.25, 0.3) is 10.0 Å². The number of rotatable bonds is 14. The Labute approximate surface area is 292 Å². The maximum absolute atomic E-state index is 14.6. The number of hydrogen-bond acceptors (Lipinski definition) is 4. The van der Waals surface area contributed by atoms with Gasteiger partial charge in [0.2, 0.25) is 11.8 Å². The van der Waals surface area contributed by atoms with Gasteiger partial charge in [-0.3, -0.25) is 13.9 Å². The number of benzene rings is 4. The summed E-state index contributed by atoms with van der Waals surface area (Å²) in [6.07, 6.45) is 1.83. The molecule has 0 fully saturated rings. The number of amides is 2. The fourth-order valence-electron chi connectivity index (χ4n) is 5.00. The zero-order valence-corrected chi connectivity index (χ0v) is 29.6. The van der Waals surface area contributed by atoms with E-state index in [0.717, 1.165) is 33.8 Å². The van der Waals surface area contributed by atoms with Crippen LogP contribution in [0.15, 0.2) is 95.9 Å². The fourth-order valence-corrected chi connectivity index (χ4v) is 7.05. The van der Waals surface area contributed by atoms with Gasteiger partial charge in [0.1, 0.15) is 12.6 Å². The predicted octanol–water partition coefficient (Wildman–Crippen LogP) is 8.02. The molecule has 0 heterocycles. The molecule has 11 heteroatoms. The maximum atomic E-state index is 14.6. The van der Waals surface area contributed by atoms with Crippen molar-refractivity contribution in [2.75, 3.05) is 17.4 Å². The minimum absolute atomic E-state index is 0.0121. The summed E-state index contributed by atoms with van der Waals surface area (Å²) >= 11 is 19.2. The van der Waals surface area contributed by atoms with Gasteiger partial charge in [-0.15, -0.1) is 0 Å². The van der Waals surface area contributed by atoms with Crippen LogP contribution in [-0.4, -0.2) is 44.3 Å². The van der Waals surface area contributed by atoms with Crippen LogP contribution >= 0.6 is 34.8 Å². The van der Waals surface area contributed by atoms with Gasteiger partial charge in [-0.1, -0.05) is 108 Å². The Morgan fingerprint density at radius 2 is 1.55 bits per heavy atom. The molecule has 0 aliphatic heterocycles. The van der Waals surface area contributed by atoms with Crippen molar-refractivity contribution in [1.82, 2.24) is 10.2 Å². The van der Waals surface area contributed by atoms with Gasteiger partial charge < -0.3 is 10.2 Å². The molecule has 0 spiro atoms. The molecule has 0 aromatic heterocycles. The van der Waals surface area contributed by atoms with Crippen LogP contribution in [0.2, 0.25) is 15.1 Å². The first-order valence-electron chi connectivity index (χ1n) is 15.3. The molecular weight excluding hydrogens is 677 g/mol. The molecule has 0 saturated carbocycles. The highest BCUT2D eigenvalue weighted by atomic mass is 35.5. The van der Waals surface area contributed by atoms with E-state index in [0.29, 0.717) is 27.2 Å². The highest BCUT2D eigenvalue weighted by molar-refractivity contribution is 7.92. The summed E-state index contributed by atoms with van der Waals surface area (Å²) in [5, 5.41) is 4.05. The molecule has 0 aliphatic carbocycles. The van der Waals surface area contributed by atoms with Crippen LogP contribution in [0.25, 0.3) is 0 Å². The summed E-state index contributed by atoms with van der Waals surface area (Å²) in [5.41, 5.74) is 3.23. The standard InChI is InChI=1S/C36H38Cl3N3O4S/c1-4-5-19-40-36(44)34(20-27-9-7-6-8-10-27)41(23-28-14-15-29(37)21-33(28)39)35(43)24-42(30-16-13-26(3)32(38)22-30)47(45,46)31-17-11-25(2)12-18-31/h6-18,21-22,34H,4-5,19-20,23-24H2,1-3H3,(H,40,44)/t34-/m0/s1. The largest absolute Gasteiger partial charge is 0.354 e. The average Bonchev–Trinajstić information content (AvgIpc) is 3.04. The van der Waals surface area contributed by atoms with Crippen LogP contribution in [0.1, 0.15) is 42.0 Å². The SMILES string of the molecule is CCCCNC(=O)[C@H](Cc1ccccc1)N(Cc1ccc(Cl)cc1Cl)C(=O)CN(c1ccc(C)c(Cl)c1)S(=O)(=O)c1ccc(C)cc1. The summed E-state index contributed by atoms with van der Waals surface area (Å²) in [4.78, 5) is 29.9. The molecule has 4 aromatic rings. The Kier molecular flexibility index (Phi) is 12.7. The lowest BCUT2D eigenvalue weighted by Gasteiger charge is -2.34. The van der Waals surface area contributed by atoms with Crippen LogP contribution in [0.3, 0.4) is 0 Å². The third kappa shape index (κ3) is 9.51. The van der Waals surface area contributed by atoms with E-state index in [4.69, 9.17) is 34.8 Å². The normalized spacial score (nSPS) is 12.0. The Bertz CT molecular complexity index is 1800. The molecule has 4 aromatic carbocycles. The van der Waals surface area contributed by atoms with E-state index in [1.165, 1.54) is 23.1 Å². The van der Waals surface area contributed by atoms with Crippen LogP contribution < -0.4 is 9.62 Å². The number of unbranched alkanes of at least 4 members (excludes halogenated alkanes) is 1. The molecule has 0 radical (unpaired) electrons. The van der Waals surface area contributed by atoms with Crippen molar-refractivity contribution in [3.63, 3.8) is 0 Å². The minimum Gasteiger partial charge on any atom is -0.354 e. The first-order chi connectivity index (χ1) is 22.4. The number of aryl methyl sites for hydroxylation is 2. The number of sulfonamides is 1. The number of halogens is 3. The van der Waals surface area contributed by atoms with Crippen LogP contribution in [0.4, 0.5) is 5.69 Å². The molecule has 47 heavy (non-hydrogen) atoms. The zero-order valence-electron chi connectivity index (χ0n) is 26.5. The number of nitrogens with one attached hydrogen (secondary N) is 1. The molecule has 0 bridgehead atoms. The van der Waals surface area contributed by atoms with E-state index in [9.17, 15) is 18.0 Å². The van der Waals surface area contributed by atoms with Crippen LogP contribution in [0, 0.1) is 13.8 Å². The lowest BCUT2D eigenvalue weighted by molar-refractivity contribution is -0.140. The van der Waals surface area contributed by atoms with Crippen molar-refractivity contribution in [2.24, 2.45) is 0 Å². The molecule has 0 unspecified atom stereocenters. The molecular formula is C36H38Cl3N3O4S. The first-order valence-corrected chi connectivity index (χ1v) is 17.9. The van der Waals surface area contributed by atoms with Crippen molar-refractivity contribution in [2.45, 2.75) is 57.5 Å². The number of anilines is 1. The lowest BCUT2D eigenvalue weighted by Crippen LogP contribution is -2.53. The van der Waals surface area contributed by atoms with Gasteiger partial charge in [-0.2, -0.15) is 0 Å². The first kappa shape index (κ1) is 36.3. The smallest absolute Gasteiger partial charge is 0.264 e. The fraction of sp³-hybridized carbons (Fsp3) is 0.278. The Morgan fingerprint density at radius 1 is 0.851 bits per heavy atom. The third-order valence-corrected chi connectivity index (χ3v) is 10.6. The Hall–Kier alpha value is -3.56. The van der Waals surface area contributed by atoms with E-state index in [2.05, 4.69) is 5.32 Å². The van der Waals surface area contributed by atoms with E-state index in [1.54, 1.807) is 49.4 Å². The summed E-state index contributed by atoms with van der Waals surface area (Å²) in [6.45, 7) is 5.44. The predicted molar refractivity (Wildman–Crippen MR) is 191 cm³/mol. The summed E-state index contributed by atoms with van der Waals surface area (Å²) < 4.78 is 29.5. The van der Waals surface area contributed by atoms with Crippen LogP contribution in [-0.2, 0) is 32.6 Å². The van der Waals surface area contributed by atoms with E-state index in [1.807, 2.05) is 44.2 Å². The van der Waals surface area contributed by atoms with E-state index in [-0.39, 0.29) is 29.5 Å². The molecule has 1 N–H and O–H groups in total. The molecule has 0 aliphatic rings. The number of nitrogens with zero attached hydrogens (tertiary/aromatic N) is 2. The van der Waals surface area contributed by atoms with Crippen molar-refractivity contribution < 1.29 is 18.0 Å². The highest BCUT2D eigenvalue weighted by Gasteiger charge is 2.35. The van der Waals surface area contributed by atoms with Crippen molar-refractivity contribution in [3.8, 4) is 0 Å². The second-order valence-corrected chi connectivity index (χ2v) is 14.5. The summed E-state index contributed by atoms with van der Waals surface area (Å²) in [5.74, 6) is -0.956. The van der Waals surface area contributed by atoms with Gasteiger partial charge in [-0.05, 0) is 73.4 Å². The van der Waals surface area contributed by atoms with Gasteiger partial charge in [0, 0.05) is 34.6 Å². The topological polar surface area (TPSA) is 86.8 Å². The molecule has 2 amide bonds. The zero-order chi connectivity index (χ0) is 34.1. The quantitative estimate of drug-likeness (QED) is 0.134. The monoisotopic (exact) mass is 713 g/mol. The van der Waals surface area contributed by atoms with Gasteiger partial charge >= 0.3 is 0 Å². The molecule has 1 atom stereocenters. The molecule has 0 saturated heterocycles. The van der Waals surface area contributed by atoms with Gasteiger partial charge in [-0.25, -0.2) is 8.42 Å². The number of hydrogen-bond donors (Lipinski definition) is 1. The Morgan fingerprint density at radius 3 is 2.19 bits per heavy atom. The third-order valence-electron chi connectivity index (χ3n) is 7.79. The van der Waals surface area contributed by atoms with Gasteiger partial charge in [0.05, 0.1) is 10.6 Å². The molecule has 4 rings (SSSR count). The highest BCUT2D eigenvalue weighted by Crippen LogP contribution is 2.30. The lowest BCUT2D eigenvalue weighted by atomic mass is 10.0. The second-order valence-electron chi connectivity index (χ2n) is 11.4. The molecule has 7 nitrogen and oxygen atoms in total. The van der Waals surface area contributed by atoms with Gasteiger partial charge in [0.15, 0.2) is 0 Å². The van der Waals surface area contributed by atoms with Crippen molar-refractivity contribution >= 4 is 62.3 Å². The minimum atomic E-state index is -4.25. The Balaban J connectivity index is 1.83. The summed E-state index contributed by atoms with van der Waals surface area (Å²) in [6, 6.07) is 24.5.